The van der Waals surface area contributed by atoms with Crippen molar-refractivity contribution in [2.24, 2.45) is 11.3 Å². The van der Waals surface area contributed by atoms with Gasteiger partial charge in [0.05, 0.1) is 7.11 Å². The molecule has 1 saturated carbocycles. The molecule has 0 bridgehead atoms. The summed E-state index contributed by atoms with van der Waals surface area (Å²) in [7, 11) is 1.63. The number of nitrogens with zero attached hydrogens (tertiary/aromatic N) is 2. The first kappa shape index (κ1) is 16.4. The Labute approximate surface area is 148 Å². The van der Waals surface area contributed by atoms with Crippen molar-refractivity contribution >= 4 is 17.5 Å². The van der Waals surface area contributed by atoms with Crippen LogP contribution in [0.5, 0.6) is 5.75 Å². The van der Waals surface area contributed by atoms with Crippen LogP contribution in [0.4, 0.5) is 5.69 Å². The molecule has 3 fully saturated rings. The quantitative estimate of drug-likeness (QED) is 0.849. The first-order valence-corrected chi connectivity index (χ1v) is 9.33. The van der Waals surface area contributed by atoms with Crippen molar-refractivity contribution in [2.75, 3.05) is 31.6 Å². The standard InChI is InChI=1S/C20H26N2O3/c1-25-17-8-4-7-16(11-17)22-14-20(12-18(22)23)9-10-21(13-20)19(24)15-5-2-3-6-15/h4,7-8,11,15H,2-3,5-6,9-10,12-14H2,1H3. The molecule has 0 N–H and O–H groups in total. The molecule has 3 aliphatic rings. The van der Waals surface area contributed by atoms with E-state index in [4.69, 9.17) is 4.74 Å². The average Bonchev–Trinajstić information content (AvgIpc) is 3.36. The largest absolute Gasteiger partial charge is 0.497 e. The lowest BCUT2D eigenvalue weighted by Gasteiger charge is -2.25. The fraction of sp³-hybridized carbons (Fsp3) is 0.600. The van der Waals surface area contributed by atoms with Crippen LogP contribution in [0, 0.1) is 11.3 Å². The third-order valence-corrected chi connectivity index (χ3v) is 6.14. The minimum Gasteiger partial charge on any atom is -0.497 e. The fourth-order valence-electron chi connectivity index (χ4n) is 4.74. The first-order chi connectivity index (χ1) is 12.1. The van der Waals surface area contributed by atoms with Gasteiger partial charge in [-0.05, 0) is 31.4 Å². The topological polar surface area (TPSA) is 49.9 Å². The number of benzene rings is 1. The molecule has 1 unspecified atom stereocenters. The minimum atomic E-state index is -0.0750. The normalized spacial score (nSPS) is 26.8. The van der Waals surface area contributed by atoms with Crippen LogP contribution in [0.25, 0.3) is 0 Å². The van der Waals surface area contributed by atoms with E-state index in [1.54, 1.807) is 7.11 Å². The van der Waals surface area contributed by atoms with Gasteiger partial charge in [0.2, 0.25) is 11.8 Å². The molecule has 5 nitrogen and oxygen atoms in total. The molecule has 0 radical (unpaired) electrons. The number of methoxy groups -OCH3 is 1. The Morgan fingerprint density at radius 2 is 2.04 bits per heavy atom. The van der Waals surface area contributed by atoms with Gasteiger partial charge in [-0.25, -0.2) is 0 Å². The maximum absolute atomic E-state index is 12.7. The van der Waals surface area contributed by atoms with Crippen LogP contribution in [0.15, 0.2) is 24.3 Å². The first-order valence-electron chi connectivity index (χ1n) is 9.33. The summed E-state index contributed by atoms with van der Waals surface area (Å²) in [4.78, 5) is 29.3. The number of hydrogen-bond donors (Lipinski definition) is 0. The van der Waals surface area contributed by atoms with Gasteiger partial charge in [0.1, 0.15) is 5.75 Å². The highest BCUT2D eigenvalue weighted by Gasteiger charge is 2.49. The number of carbonyl (C=O) groups is 2. The minimum absolute atomic E-state index is 0.0750. The zero-order chi connectivity index (χ0) is 17.4. The second-order valence-corrected chi connectivity index (χ2v) is 7.85. The zero-order valence-corrected chi connectivity index (χ0v) is 14.9. The highest BCUT2D eigenvalue weighted by molar-refractivity contribution is 5.96. The van der Waals surface area contributed by atoms with E-state index in [9.17, 15) is 9.59 Å². The molecule has 2 amide bonds. The van der Waals surface area contributed by atoms with E-state index in [0.717, 1.165) is 43.8 Å². The number of amides is 2. The molecule has 134 valence electrons. The predicted octanol–water partition coefficient (Wildman–Crippen LogP) is 2.84. The second kappa shape index (κ2) is 6.36. The maximum Gasteiger partial charge on any atom is 0.227 e. The van der Waals surface area contributed by atoms with Crippen LogP contribution in [0.3, 0.4) is 0 Å². The smallest absolute Gasteiger partial charge is 0.227 e. The molecule has 2 heterocycles. The van der Waals surface area contributed by atoms with Crippen LogP contribution in [-0.4, -0.2) is 43.5 Å². The summed E-state index contributed by atoms with van der Waals surface area (Å²) in [6, 6.07) is 7.66. The van der Waals surface area contributed by atoms with Crippen LogP contribution >= 0.6 is 0 Å². The Kier molecular flexibility index (Phi) is 4.18. The van der Waals surface area contributed by atoms with E-state index in [1.165, 1.54) is 12.8 Å². The molecular formula is C20H26N2O3. The van der Waals surface area contributed by atoms with Gasteiger partial charge in [-0.2, -0.15) is 0 Å². The molecule has 1 aromatic carbocycles. The van der Waals surface area contributed by atoms with Gasteiger partial charge in [0.25, 0.3) is 0 Å². The number of likely N-dealkylation sites (tertiary alicyclic amines) is 1. The third-order valence-electron chi connectivity index (χ3n) is 6.14. The molecule has 1 spiro atoms. The van der Waals surface area contributed by atoms with Crippen LogP contribution in [0.2, 0.25) is 0 Å². The lowest BCUT2D eigenvalue weighted by molar-refractivity contribution is -0.134. The molecule has 2 aliphatic heterocycles. The lowest BCUT2D eigenvalue weighted by Crippen LogP contribution is -2.36. The van der Waals surface area contributed by atoms with Crippen LogP contribution < -0.4 is 9.64 Å². The number of carbonyl (C=O) groups excluding carboxylic acids is 2. The molecule has 2 saturated heterocycles. The average molecular weight is 342 g/mol. The van der Waals surface area contributed by atoms with Gasteiger partial charge >= 0.3 is 0 Å². The van der Waals surface area contributed by atoms with Crippen molar-refractivity contribution in [3.8, 4) is 5.75 Å². The molecule has 4 rings (SSSR count). The zero-order valence-electron chi connectivity index (χ0n) is 14.9. The Hall–Kier alpha value is -2.04. The SMILES string of the molecule is COc1cccc(N2CC3(CCN(C(=O)C4CCCC4)C3)CC2=O)c1. The Balaban J connectivity index is 1.47. The van der Waals surface area contributed by atoms with Crippen molar-refractivity contribution in [3.05, 3.63) is 24.3 Å². The Morgan fingerprint density at radius 1 is 1.24 bits per heavy atom. The number of hydrogen-bond acceptors (Lipinski definition) is 3. The predicted molar refractivity (Wildman–Crippen MR) is 95.6 cm³/mol. The number of ether oxygens (including phenoxy) is 1. The van der Waals surface area contributed by atoms with E-state index >= 15 is 0 Å². The van der Waals surface area contributed by atoms with Crippen molar-refractivity contribution in [3.63, 3.8) is 0 Å². The molecule has 1 atom stereocenters. The fourth-order valence-corrected chi connectivity index (χ4v) is 4.74. The summed E-state index contributed by atoms with van der Waals surface area (Å²) in [6.45, 7) is 2.23. The van der Waals surface area contributed by atoms with E-state index in [0.29, 0.717) is 18.9 Å². The number of rotatable bonds is 3. The highest BCUT2D eigenvalue weighted by atomic mass is 16.5. The molecule has 0 aromatic heterocycles. The summed E-state index contributed by atoms with van der Waals surface area (Å²) < 4.78 is 5.28. The van der Waals surface area contributed by atoms with Gasteiger partial charge in [0.15, 0.2) is 0 Å². The van der Waals surface area contributed by atoms with E-state index < -0.39 is 0 Å². The van der Waals surface area contributed by atoms with Crippen molar-refractivity contribution < 1.29 is 14.3 Å². The van der Waals surface area contributed by atoms with Gasteiger partial charge in [-0.1, -0.05) is 18.9 Å². The van der Waals surface area contributed by atoms with Gasteiger partial charge in [0, 0.05) is 49.1 Å². The van der Waals surface area contributed by atoms with Crippen molar-refractivity contribution in [1.29, 1.82) is 0 Å². The third kappa shape index (κ3) is 3.00. The van der Waals surface area contributed by atoms with Gasteiger partial charge < -0.3 is 14.5 Å². The summed E-state index contributed by atoms with van der Waals surface area (Å²) in [5.41, 5.74) is 0.816. The van der Waals surface area contributed by atoms with E-state index in [-0.39, 0.29) is 17.2 Å². The van der Waals surface area contributed by atoms with Crippen molar-refractivity contribution in [1.82, 2.24) is 4.90 Å². The molecular weight excluding hydrogens is 316 g/mol. The molecule has 1 aromatic rings. The molecule has 5 heteroatoms. The van der Waals surface area contributed by atoms with Gasteiger partial charge in [-0.3, -0.25) is 9.59 Å². The lowest BCUT2D eigenvalue weighted by atomic mass is 9.86. The Morgan fingerprint density at radius 3 is 2.80 bits per heavy atom. The second-order valence-electron chi connectivity index (χ2n) is 7.85. The molecule has 25 heavy (non-hydrogen) atoms. The summed E-state index contributed by atoms with van der Waals surface area (Å²) in [5, 5.41) is 0. The Bertz CT molecular complexity index is 683. The summed E-state index contributed by atoms with van der Waals surface area (Å²) in [5.74, 6) is 1.46. The van der Waals surface area contributed by atoms with Crippen molar-refractivity contribution in [2.45, 2.75) is 38.5 Å². The monoisotopic (exact) mass is 342 g/mol. The van der Waals surface area contributed by atoms with Crippen LogP contribution in [0.1, 0.15) is 38.5 Å². The number of anilines is 1. The van der Waals surface area contributed by atoms with Gasteiger partial charge in [-0.15, -0.1) is 0 Å². The highest BCUT2D eigenvalue weighted by Crippen LogP contribution is 2.43. The maximum atomic E-state index is 12.7. The van der Waals surface area contributed by atoms with E-state index in [2.05, 4.69) is 0 Å². The summed E-state index contributed by atoms with van der Waals surface area (Å²) >= 11 is 0. The molecule has 1 aliphatic carbocycles. The van der Waals surface area contributed by atoms with Crippen LogP contribution in [-0.2, 0) is 9.59 Å². The summed E-state index contributed by atoms with van der Waals surface area (Å²) in [6.07, 6.45) is 5.90. The van der Waals surface area contributed by atoms with E-state index in [1.807, 2.05) is 34.1 Å².